The number of aliphatic hydroxyl groups is 1. The van der Waals surface area contributed by atoms with Crippen LogP contribution in [0.15, 0.2) is 66.2 Å². The minimum Gasteiger partial charge on any atom is -0.507 e. The van der Waals surface area contributed by atoms with Gasteiger partial charge in [0.2, 0.25) is 0 Å². The summed E-state index contributed by atoms with van der Waals surface area (Å²) in [6, 6.07) is 16.1. The monoisotopic (exact) mass is 570 g/mol. The number of hydrogen-bond acceptors (Lipinski definition) is 9. The largest absolute Gasteiger partial charge is 0.507 e. The summed E-state index contributed by atoms with van der Waals surface area (Å²) >= 11 is 1.24. The Kier molecular flexibility index (Phi) is 6.70. The number of ether oxygens (including phenoxy) is 3. The molecule has 208 valence electrons. The SMILES string of the molecule is CCOc1ccc2nc(N3C(=O)C(=O)C(=C(O)c4ccc5c(c4)C[C@@H](C)O5)[C@H]3c3ccc(C(=O)OC)cc3)sc2c1. The average Bonchev–Trinajstić information content (AvgIpc) is 3.64. The fraction of sp³-hybridized carbons (Fsp3) is 0.226. The number of carbonyl (C=O) groups excluding carboxylic acids is 3. The van der Waals surface area contributed by atoms with E-state index >= 15 is 0 Å². The molecule has 0 aliphatic carbocycles. The number of thiazole rings is 1. The summed E-state index contributed by atoms with van der Waals surface area (Å²) in [6.07, 6.45) is 0.669. The molecule has 2 atom stereocenters. The number of aliphatic hydroxyl groups excluding tert-OH is 1. The lowest BCUT2D eigenvalue weighted by Crippen LogP contribution is -2.29. The Bertz CT molecular complexity index is 1740. The van der Waals surface area contributed by atoms with Gasteiger partial charge < -0.3 is 19.3 Å². The lowest BCUT2D eigenvalue weighted by molar-refractivity contribution is -0.132. The summed E-state index contributed by atoms with van der Waals surface area (Å²) < 4.78 is 17.0. The lowest BCUT2D eigenvalue weighted by atomic mass is 9.94. The molecule has 1 amide bonds. The van der Waals surface area contributed by atoms with Crippen LogP contribution in [0.1, 0.15) is 46.9 Å². The molecule has 0 saturated carbocycles. The average molecular weight is 571 g/mol. The van der Waals surface area contributed by atoms with Crippen molar-refractivity contribution in [2.24, 2.45) is 0 Å². The maximum atomic E-state index is 13.6. The number of aromatic nitrogens is 1. The van der Waals surface area contributed by atoms with E-state index < -0.39 is 23.7 Å². The number of esters is 1. The highest BCUT2D eigenvalue weighted by Gasteiger charge is 2.48. The molecule has 2 aliphatic rings. The van der Waals surface area contributed by atoms with Crippen molar-refractivity contribution in [1.29, 1.82) is 0 Å². The van der Waals surface area contributed by atoms with E-state index in [2.05, 4.69) is 4.98 Å². The number of Topliss-reactive ketones (excluding diaryl/α,β-unsaturated/α-hetero) is 1. The van der Waals surface area contributed by atoms with Crippen LogP contribution < -0.4 is 14.4 Å². The van der Waals surface area contributed by atoms with E-state index in [0.717, 1.165) is 16.0 Å². The molecule has 0 radical (unpaired) electrons. The van der Waals surface area contributed by atoms with Crippen LogP contribution >= 0.6 is 11.3 Å². The molecule has 3 heterocycles. The minimum absolute atomic E-state index is 0.00331. The minimum atomic E-state index is -0.989. The highest BCUT2D eigenvalue weighted by Crippen LogP contribution is 2.45. The van der Waals surface area contributed by atoms with Gasteiger partial charge in [-0.2, -0.15) is 0 Å². The zero-order valence-electron chi connectivity index (χ0n) is 22.5. The van der Waals surface area contributed by atoms with E-state index in [4.69, 9.17) is 14.2 Å². The van der Waals surface area contributed by atoms with Crippen molar-refractivity contribution in [2.75, 3.05) is 18.6 Å². The third kappa shape index (κ3) is 4.59. The van der Waals surface area contributed by atoms with Gasteiger partial charge in [0.05, 0.1) is 41.1 Å². The van der Waals surface area contributed by atoms with Crippen LogP contribution in [0.2, 0.25) is 0 Å². The Morgan fingerprint density at radius 1 is 1.10 bits per heavy atom. The number of benzene rings is 3. The Balaban J connectivity index is 1.50. The Morgan fingerprint density at radius 2 is 1.85 bits per heavy atom. The fourth-order valence-corrected chi connectivity index (χ4v) is 6.26. The van der Waals surface area contributed by atoms with Crippen LogP contribution in [-0.2, 0) is 20.7 Å². The Hall–Kier alpha value is -4.70. The first-order valence-electron chi connectivity index (χ1n) is 13.1. The molecule has 3 aromatic carbocycles. The number of ketones is 1. The van der Waals surface area contributed by atoms with Gasteiger partial charge in [0.25, 0.3) is 5.78 Å². The van der Waals surface area contributed by atoms with Crippen molar-refractivity contribution in [3.05, 3.63) is 88.5 Å². The van der Waals surface area contributed by atoms with Gasteiger partial charge in [-0.3, -0.25) is 14.5 Å². The first-order chi connectivity index (χ1) is 19.8. The van der Waals surface area contributed by atoms with Gasteiger partial charge in [-0.1, -0.05) is 23.5 Å². The van der Waals surface area contributed by atoms with Gasteiger partial charge in [-0.15, -0.1) is 0 Å². The van der Waals surface area contributed by atoms with Crippen molar-refractivity contribution >= 4 is 50.1 Å². The lowest BCUT2D eigenvalue weighted by Gasteiger charge is -2.23. The number of anilines is 1. The molecule has 1 saturated heterocycles. The van der Waals surface area contributed by atoms with Gasteiger partial charge in [-0.05, 0) is 73.5 Å². The molecule has 1 fully saturated rings. The second kappa shape index (κ2) is 10.4. The Morgan fingerprint density at radius 3 is 2.59 bits per heavy atom. The summed E-state index contributed by atoms with van der Waals surface area (Å²) in [5.74, 6) is -1.06. The van der Waals surface area contributed by atoms with E-state index in [1.807, 2.05) is 19.9 Å². The predicted molar refractivity (Wildman–Crippen MR) is 154 cm³/mol. The molecule has 1 N–H and O–H groups in total. The highest BCUT2D eigenvalue weighted by molar-refractivity contribution is 7.22. The molecule has 1 aromatic heterocycles. The number of hydrogen-bond donors (Lipinski definition) is 1. The van der Waals surface area contributed by atoms with Crippen LogP contribution in [0.4, 0.5) is 5.13 Å². The number of rotatable bonds is 6. The molecule has 0 unspecified atom stereocenters. The van der Waals surface area contributed by atoms with E-state index in [1.54, 1.807) is 54.6 Å². The standard InChI is InChI=1S/C31H26N2O7S/c1-4-39-21-10-11-22-24(15-21)41-31(32-22)33-26(17-5-7-18(8-6-17)30(37)38-3)25(28(35)29(33)36)27(34)19-9-12-23-20(14-19)13-16(2)40-23/h5-12,14-16,26,34H,4,13H2,1-3H3/t16-,26-/m1/s1. The fourth-order valence-electron chi connectivity index (χ4n) is 5.24. The summed E-state index contributed by atoms with van der Waals surface area (Å²) in [4.78, 5) is 45.2. The van der Waals surface area contributed by atoms with Crippen molar-refractivity contribution in [3.8, 4) is 11.5 Å². The molecule has 10 heteroatoms. The molecule has 9 nitrogen and oxygen atoms in total. The number of amides is 1. The second-order valence-corrected chi connectivity index (χ2v) is 10.8. The molecular formula is C31H26N2O7S. The third-order valence-corrected chi connectivity index (χ3v) is 8.14. The summed E-state index contributed by atoms with van der Waals surface area (Å²) in [5.41, 5.74) is 2.72. The zero-order chi connectivity index (χ0) is 28.8. The maximum Gasteiger partial charge on any atom is 0.337 e. The van der Waals surface area contributed by atoms with Crippen molar-refractivity contribution in [2.45, 2.75) is 32.4 Å². The molecule has 2 aliphatic heterocycles. The summed E-state index contributed by atoms with van der Waals surface area (Å²) in [6.45, 7) is 4.35. The normalized spacial score (nSPS) is 19.3. The molecular weight excluding hydrogens is 544 g/mol. The number of nitrogens with zero attached hydrogens (tertiary/aromatic N) is 2. The van der Waals surface area contributed by atoms with Crippen LogP contribution in [0.5, 0.6) is 11.5 Å². The third-order valence-electron chi connectivity index (χ3n) is 7.13. The molecule has 4 aromatic rings. The quantitative estimate of drug-likeness (QED) is 0.141. The maximum absolute atomic E-state index is 13.6. The zero-order valence-corrected chi connectivity index (χ0v) is 23.4. The van der Waals surface area contributed by atoms with Crippen molar-refractivity contribution in [1.82, 2.24) is 4.98 Å². The van der Waals surface area contributed by atoms with Gasteiger partial charge in [0.15, 0.2) is 5.13 Å². The van der Waals surface area contributed by atoms with Gasteiger partial charge >= 0.3 is 11.9 Å². The number of methoxy groups -OCH3 is 1. The van der Waals surface area contributed by atoms with Crippen molar-refractivity contribution in [3.63, 3.8) is 0 Å². The van der Waals surface area contributed by atoms with Gasteiger partial charge in [-0.25, -0.2) is 9.78 Å². The van der Waals surface area contributed by atoms with Crippen LogP contribution in [0.3, 0.4) is 0 Å². The predicted octanol–water partition coefficient (Wildman–Crippen LogP) is 5.43. The van der Waals surface area contributed by atoms with Gasteiger partial charge in [0, 0.05) is 12.0 Å². The topological polar surface area (TPSA) is 115 Å². The molecule has 0 spiro atoms. The van der Waals surface area contributed by atoms with E-state index in [0.29, 0.717) is 46.1 Å². The van der Waals surface area contributed by atoms with E-state index in [-0.39, 0.29) is 17.4 Å². The number of carbonyl (C=O) groups is 3. The van der Waals surface area contributed by atoms with Crippen LogP contribution in [0.25, 0.3) is 16.0 Å². The Labute approximate surface area is 239 Å². The molecule has 6 rings (SSSR count). The summed E-state index contributed by atoms with van der Waals surface area (Å²) in [7, 11) is 1.29. The first kappa shape index (κ1) is 26.5. The molecule has 0 bridgehead atoms. The first-order valence-corrected chi connectivity index (χ1v) is 13.9. The summed E-state index contributed by atoms with van der Waals surface area (Å²) in [5, 5.41) is 11.8. The highest BCUT2D eigenvalue weighted by atomic mass is 32.1. The van der Waals surface area contributed by atoms with E-state index in [1.165, 1.54) is 23.3 Å². The van der Waals surface area contributed by atoms with Crippen LogP contribution in [-0.4, -0.2) is 47.6 Å². The second-order valence-electron chi connectivity index (χ2n) is 9.80. The van der Waals surface area contributed by atoms with Crippen molar-refractivity contribution < 1.29 is 33.7 Å². The van der Waals surface area contributed by atoms with Gasteiger partial charge in [0.1, 0.15) is 23.4 Å². The van der Waals surface area contributed by atoms with E-state index in [9.17, 15) is 19.5 Å². The molecule has 41 heavy (non-hydrogen) atoms. The van der Waals surface area contributed by atoms with Crippen LogP contribution in [0, 0.1) is 0 Å². The smallest absolute Gasteiger partial charge is 0.337 e. The number of fused-ring (bicyclic) bond motifs is 2.